The van der Waals surface area contributed by atoms with Crippen molar-refractivity contribution in [1.29, 1.82) is 0 Å². The molecular formula is C20H27N5O. The Labute approximate surface area is 154 Å². The maximum Gasteiger partial charge on any atom is 0.217 e. The zero-order valence-electron chi connectivity index (χ0n) is 15.3. The zero-order valence-corrected chi connectivity index (χ0v) is 15.3. The maximum atomic E-state index is 11.2. The number of carbonyl (C=O) groups excluding carboxylic acids is 1. The van der Waals surface area contributed by atoms with Crippen molar-refractivity contribution in [3.8, 4) is 0 Å². The molecule has 1 unspecified atom stereocenters. The molecular weight excluding hydrogens is 326 g/mol. The summed E-state index contributed by atoms with van der Waals surface area (Å²) in [4.78, 5) is 22.4. The number of carbonyl (C=O) groups is 1. The molecule has 6 nitrogen and oxygen atoms in total. The fraction of sp³-hybridized carbons (Fsp3) is 0.450. The molecule has 1 atom stereocenters. The Morgan fingerprint density at radius 3 is 3.04 bits per heavy atom. The monoisotopic (exact) mass is 353 g/mol. The van der Waals surface area contributed by atoms with Gasteiger partial charge in [-0.3, -0.25) is 14.8 Å². The number of rotatable bonds is 5. The first-order chi connectivity index (χ1) is 12.7. The van der Waals surface area contributed by atoms with Gasteiger partial charge in [0.1, 0.15) is 0 Å². The van der Waals surface area contributed by atoms with Crippen molar-refractivity contribution in [2.24, 2.45) is 16.6 Å². The molecule has 2 aromatic rings. The molecule has 3 N–H and O–H groups in total. The molecule has 0 radical (unpaired) electrons. The van der Waals surface area contributed by atoms with E-state index in [0.717, 1.165) is 50.4 Å². The molecule has 2 heterocycles. The van der Waals surface area contributed by atoms with Crippen LogP contribution >= 0.6 is 0 Å². The molecule has 138 valence electrons. The van der Waals surface area contributed by atoms with Crippen molar-refractivity contribution >= 4 is 22.8 Å². The van der Waals surface area contributed by atoms with Crippen LogP contribution in [0.3, 0.4) is 0 Å². The second kappa shape index (κ2) is 8.65. The molecule has 3 rings (SSSR count). The van der Waals surface area contributed by atoms with Crippen LogP contribution in [0.1, 0.15) is 24.8 Å². The van der Waals surface area contributed by atoms with Crippen molar-refractivity contribution in [3.63, 3.8) is 0 Å². The lowest BCUT2D eigenvalue weighted by Gasteiger charge is -2.34. The van der Waals surface area contributed by atoms with Gasteiger partial charge in [0.25, 0.3) is 0 Å². The molecule has 1 aromatic heterocycles. The highest BCUT2D eigenvalue weighted by Crippen LogP contribution is 2.19. The molecule has 0 spiro atoms. The molecule has 1 fully saturated rings. The largest absolute Gasteiger partial charge is 0.370 e. The van der Waals surface area contributed by atoms with Crippen LogP contribution < -0.4 is 11.1 Å². The van der Waals surface area contributed by atoms with Crippen LogP contribution in [0.25, 0.3) is 10.9 Å². The number of likely N-dealkylation sites (tertiary alicyclic amines) is 1. The van der Waals surface area contributed by atoms with Crippen LogP contribution in [0, 0.1) is 5.92 Å². The van der Waals surface area contributed by atoms with Gasteiger partial charge in [-0.15, -0.1) is 0 Å². The van der Waals surface area contributed by atoms with Gasteiger partial charge in [0.05, 0.1) is 5.52 Å². The molecule has 1 amide bonds. The predicted octanol–water partition coefficient (Wildman–Crippen LogP) is 1.94. The molecule has 0 bridgehead atoms. The minimum atomic E-state index is -0.219. The highest BCUT2D eigenvalue weighted by molar-refractivity contribution is 5.82. The number of guanidine groups is 1. The lowest BCUT2D eigenvalue weighted by atomic mass is 9.95. The van der Waals surface area contributed by atoms with Crippen LogP contribution in [-0.2, 0) is 11.2 Å². The standard InChI is InChI=1S/C20H27N5O/c1-22-20(25-12-4-5-15(14-25)13-18(21)26)24-11-9-17-7-2-6-16-8-3-10-23-19(16)17/h2-3,6-8,10,15H,4-5,9,11-14H2,1H3,(H2,21,26)(H,22,24). The van der Waals surface area contributed by atoms with Gasteiger partial charge in [-0.1, -0.05) is 24.3 Å². The van der Waals surface area contributed by atoms with E-state index in [1.54, 1.807) is 7.05 Å². The third-order valence-electron chi connectivity index (χ3n) is 4.91. The molecule has 6 heteroatoms. The van der Waals surface area contributed by atoms with Crippen molar-refractivity contribution in [1.82, 2.24) is 15.2 Å². The second-order valence-electron chi connectivity index (χ2n) is 6.84. The fourth-order valence-corrected chi connectivity index (χ4v) is 3.72. The first-order valence-electron chi connectivity index (χ1n) is 9.24. The number of aromatic nitrogens is 1. The van der Waals surface area contributed by atoms with Gasteiger partial charge in [0.15, 0.2) is 5.96 Å². The number of fused-ring (bicyclic) bond motifs is 1. The molecule has 1 aliphatic rings. The van der Waals surface area contributed by atoms with Gasteiger partial charge >= 0.3 is 0 Å². The van der Waals surface area contributed by atoms with Crippen molar-refractivity contribution in [2.75, 3.05) is 26.7 Å². The number of piperidine rings is 1. The quantitative estimate of drug-likeness (QED) is 0.636. The Balaban J connectivity index is 1.58. The lowest BCUT2D eigenvalue weighted by Crippen LogP contribution is -2.47. The number of nitrogens with two attached hydrogens (primary N) is 1. The van der Waals surface area contributed by atoms with E-state index in [0.29, 0.717) is 12.3 Å². The highest BCUT2D eigenvalue weighted by atomic mass is 16.1. The molecule has 1 saturated heterocycles. The van der Waals surface area contributed by atoms with Crippen LogP contribution in [0.15, 0.2) is 41.5 Å². The predicted molar refractivity (Wildman–Crippen MR) is 105 cm³/mol. The number of pyridine rings is 1. The van der Waals surface area contributed by atoms with E-state index in [9.17, 15) is 4.79 Å². The smallest absolute Gasteiger partial charge is 0.217 e. The summed E-state index contributed by atoms with van der Waals surface area (Å²) in [6, 6.07) is 10.3. The molecule has 1 aliphatic heterocycles. The zero-order chi connectivity index (χ0) is 18.4. The van der Waals surface area contributed by atoms with E-state index in [1.807, 2.05) is 12.3 Å². The second-order valence-corrected chi connectivity index (χ2v) is 6.84. The average Bonchev–Trinajstić information content (AvgIpc) is 2.65. The first-order valence-corrected chi connectivity index (χ1v) is 9.24. The summed E-state index contributed by atoms with van der Waals surface area (Å²) in [5, 5.41) is 4.62. The molecule has 1 aromatic carbocycles. The average molecular weight is 353 g/mol. The summed E-state index contributed by atoms with van der Waals surface area (Å²) in [7, 11) is 1.81. The molecule has 0 aliphatic carbocycles. The Morgan fingerprint density at radius 2 is 2.23 bits per heavy atom. The first kappa shape index (κ1) is 18.2. The summed E-state index contributed by atoms with van der Waals surface area (Å²) < 4.78 is 0. The van der Waals surface area contributed by atoms with E-state index in [1.165, 1.54) is 10.9 Å². The summed E-state index contributed by atoms with van der Waals surface area (Å²) in [6.45, 7) is 2.59. The normalized spacial score (nSPS) is 18.1. The number of benzene rings is 1. The summed E-state index contributed by atoms with van der Waals surface area (Å²) in [6.07, 6.45) is 5.29. The number of amides is 1. The van der Waals surface area contributed by atoms with Crippen LogP contribution in [0.4, 0.5) is 0 Å². The van der Waals surface area contributed by atoms with E-state index < -0.39 is 0 Å². The number of nitrogens with one attached hydrogen (secondary N) is 1. The van der Waals surface area contributed by atoms with E-state index in [2.05, 4.69) is 44.5 Å². The van der Waals surface area contributed by atoms with E-state index >= 15 is 0 Å². The number of hydrogen-bond donors (Lipinski definition) is 2. The SMILES string of the molecule is CN=C(NCCc1cccc2cccnc12)N1CCCC(CC(N)=O)C1. The van der Waals surface area contributed by atoms with Gasteiger partial charge < -0.3 is 16.0 Å². The van der Waals surface area contributed by atoms with Gasteiger partial charge in [-0.05, 0) is 36.8 Å². The molecule has 0 saturated carbocycles. The van der Waals surface area contributed by atoms with E-state index in [4.69, 9.17) is 5.73 Å². The molecule has 26 heavy (non-hydrogen) atoms. The van der Waals surface area contributed by atoms with Crippen LogP contribution in [-0.4, -0.2) is 48.4 Å². The third-order valence-corrected chi connectivity index (χ3v) is 4.91. The lowest BCUT2D eigenvalue weighted by molar-refractivity contribution is -0.119. The van der Waals surface area contributed by atoms with Crippen molar-refractivity contribution < 1.29 is 4.79 Å². The Bertz CT molecular complexity index is 783. The topological polar surface area (TPSA) is 83.6 Å². The van der Waals surface area contributed by atoms with Gasteiger partial charge in [-0.25, -0.2) is 0 Å². The number of para-hydroxylation sites is 1. The summed E-state index contributed by atoms with van der Waals surface area (Å²) >= 11 is 0. The minimum Gasteiger partial charge on any atom is -0.370 e. The van der Waals surface area contributed by atoms with Gasteiger partial charge in [0, 0.05) is 44.7 Å². The maximum absolute atomic E-state index is 11.2. The minimum absolute atomic E-state index is 0.219. The van der Waals surface area contributed by atoms with Crippen LogP contribution in [0.5, 0.6) is 0 Å². The summed E-state index contributed by atoms with van der Waals surface area (Å²) in [5.41, 5.74) is 7.65. The Kier molecular flexibility index (Phi) is 6.04. The van der Waals surface area contributed by atoms with E-state index in [-0.39, 0.29) is 5.91 Å². The van der Waals surface area contributed by atoms with Crippen LogP contribution in [0.2, 0.25) is 0 Å². The van der Waals surface area contributed by atoms with Crippen molar-refractivity contribution in [3.05, 3.63) is 42.1 Å². The Hall–Kier alpha value is -2.63. The highest BCUT2D eigenvalue weighted by Gasteiger charge is 2.23. The fourth-order valence-electron chi connectivity index (χ4n) is 3.72. The van der Waals surface area contributed by atoms with Gasteiger partial charge in [-0.2, -0.15) is 0 Å². The van der Waals surface area contributed by atoms with Gasteiger partial charge in [0.2, 0.25) is 5.91 Å². The number of nitrogens with zero attached hydrogens (tertiary/aromatic N) is 3. The third kappa shape index (κ3) is 4.50. The number of primary amides is 1. The Morgan fingerprint density at radius 1 is 1.38 bits per heavy atom. The summed E-state index contributed by atoms with van der Waals surface area (Å²) in [5.74, 6) is 0.998. The number of hydrogen-bond acceptors (Lipinski definition) is 3. The van der Waals surface area contributed by atoms with Crippen molar-refractivity contribution in [2.45, 2.75) is 25.7 Å². The number of aliphatic imine (C=N–C) groups is 1.